The van der Waals surface area contributed by atoms with Crippen LogP contribution in [-0.4, -0.2) is 35.8 Å². The number of carbonyl (C=O) groups excluding carboxylic acids is 2. The monoisotopic (exact) mass is 352 g/mol. The summed E-state index contributed by atoms with van der Waals surface area (Å²) >= 11 is 1.49. The van der Waals surface area contributed by atoms with Crippen molar-refractivity contribution in [1.29, 1.82) is 0 Å². The van der Waals surface area contributed by atoms with E-state index in [1.807, 2.05) is 52.0 Å². The molecule has 1 rings (SSSR count). The van der Waals surface area contributed by atoms with E-state index in [9.17, 15) is 9.59 Å². The topological polar surface area (TPSA) is 67.4 Å². The van der Waals surface area contributed by atoms with E-state index in [1.54, 1.807) is 7.11 Å². The van der Waals surface area contributed by atoms with Gasteiger partial charge in [-0.15, -0.1) is 11.8 Å². The molecule has 0 unspecified atom stereocenters. The highest BCUT2D eigenvalue weighted by Gasteiger charge is 2.23. The quantitative estimate of drug-likeness (QED) is 0.703. The van der Waals surface area contributed by atoms with Crippen molar-refractivity contribution in [1.82, 2.24) is 5.32 Å². The molecule has 0 radical (unpaired) electrons. The molecule has 5 nitrogen and oxygen atoms in total. The molecule has 6 heteroatoms. The van der Waals surface area contributed by atoms with Crippen LogP contribution in [0.1, 0.15) is 41.0 Å². The van der Waals surface area contributed by atoms with Crippen LogP contribution in [-0.2, 0) is 14.3 Å². The van der Waals surface area contributed by atoms with Crippen molar-refractivity contribution in [3.8, 4) is 0 Å². The van der Waals surface area contributed by atoms with E-state index in [1.165, 1.54) is 18.7 Å². The number of rotatable bonds is 8. The lowest BCUT2D eigenvalue weighted by Crippen LogP contribution is -2.41. The van der Waals surface area contributed by atoms with Crippen LogP contribution in [0.15, 0.2) is 29.2 Å². The van der Waals surface area contributed by atoms with E-state index in [0.717, 1.165) is 17.0 Å². The summed E-state index contributed by atoms with van der Waals surface area (Å²) in [6.45, 7) is 9.35. The molecule has 134 valence electrons. The molecular weight excluding hydrogens is 324 g/mol. The van der Waals surface area contributed by atoms with Gasteiger partial charge in [0.2, 0.25) is 11.8 Å². The fourth-order valence-electron chi connectivity index (χ4n) is 2.31. The Morgan fingerprint density at radius 1 is 1.21 bits per heavy atom. The fraction of sp³-hybridized carbons (Fsp3) is 0.556. The third-order valence-corrected chi connectivity index (χ3v) is 4.71. The van der Waals surface area contributed by atoms with Gasteiger partial charge in [0, 0.05) is 30.7 Å². The predicted octanol–water partition coefficient (Wildman–Crippen LogP) is 3.45. The summed E-state index contributed by atoms with van der Waals surface area (Å²) in [5, 5.41) is 5.55. The van der Waals surface area contributed by atoms with Crippen LogP contribution >= 0.6 is 11.8 Å². The van der Waals surface area contributed by atoms with Crippen molar-refractivity contribution in [3.05, 3.63) is 24.3 Å². The zero-order chi connectivity index (χ0) is 18.3. The summed E-state index contributed by atoms with van der Waals surface area (Å²) in [5.74, 6) is -0.0959. The number of nitrogens with one attached hydrogen (secondary N) is 2. The summed E-state index contributed by atoms with van der Waals surface area (Å²) < 4.78 is 5.40. The fourth-order valence-corrected chi connectivity index (χ4v) is 3.19. The number of thioether (sulfide) groups is 1. The molecule has 0 heterocycles. The maximum atomic E-state index is 12.3. The number of anilines is 1. The molecule has 24 heavy (non-hydrogen) atoms. The first-order valence-corrected chi connectivity index (χ1v) is 8.91. The first-order chi connectivity index (χ1) is 11.1. The van der Waals surface area contributed by atoms with Crippen LogP contribution in [0.5, 0.6) is 0 Å². The molecular formula is C18H28N2O3S. The summed E-state index contributed by atoms with van der Waals surface area (Å²) in [7, 11) is 1.68. The highest BCUT2D eigenvalue weighted by molar-refractivity contribution is 8.00. The highest BCUT2D eigenvalue weighted by atomic mass is 32.2. The molecule has 0 aliphatic carbocycles. The lowest BCUT2D eigenvalue weighted by molar-refractivity contribution is -0.121. The molecule has 2 atom stereocenters. The van der Waals surface area contributed by atoms with Crippen molar-refractivity contribution < 1.29 is 14.3 Å². The van der Waals surface area contributed by atoms with Gasteiger partial charge in [-0.25, -0.2) is 0 Å². The molecule has 2 amide bonds. The van der Waals surface area contributed by atoms with Crippen LogP contribution in [0.4, 0.5) is 5.69 Å². The summed E-state index contributed by atoms with van der Waals surface area (Å²) in [6.07, 6.45) is 0.748. The van der Waals surface area contributed by atoms with Crippen LogP contribution in [0.3, 0.4) is 0 Å². The van der Waals surface area contributed by atoms with E-state index >= 15 is 0 Å². The van der Waals surface area contributed by atoms with Crippen molar-refractivity contribution in [3.63, 3.8) is 0 Å². The Morgan fingerprint density at radius 2 is 1.79 bits per heavy atom. The molecule has 0 aromatic heterocycles. The molecule has 0 aliphatic heterocycles. The van der Waals surface area contributed by atoms with Gasteiger partial charge < -0.3 is 15.4 Å². The molecule has 0 spiro atoms. The Kier molecular flexibility index (Phi) is 7.76. The van der Waals surface area contributed by atoms with Gasteiger partial charge in [0.05, 0.1) is 10.9 Å². The molecule has 0 saturated heterocycles. The Morgan fingerprint density at radius 3 is 2.29 bits per heavy atom. The molecule has 0 bridgehead atoms. The summed E-state index contributed by atoms with van der Waals surface area (Å²) in [6, 6.07) is 7.50. The minimum atomic E-state index is -0.261. The number of methoxy groups -OCH3 is 1. The van der Waals surface area contributed by atoms with Crippen LogP contribution in [0.2, 0.25) is 0 Å². The molecule has 0 fully saturated rings. The van der Waals surface area contributed by atoms with Crippen molar-refractivity contribution in [2.45, 2.75) is 62.8 Å². The third kappa shape index (κ3) is 7.36. The Bertz CT molecular complexity index is 558. The van der Waals surface area contributed by atoms with E-state index in [4.69, 9.17) is 4.74 Å². The van der Waals surface area contributed by atoms with Crippen LogP contribution < -0.4 is 10.6 Å². The number of amides is 2. The second-order valence-electron chi connectivity index (χ2n) is 6.54. The minimum absolute atomic E-state index is 0.00494. The van der Waals surface area contributed by atoms with Gasteiger partial charge in [-0.1, -0.05) is 0 Å². The lowest BCUT2D eigenvalue weighted by Gasteiger charge is -2.27. The maximum Gasteiger partial charge on any atom is 0.233 e. The van der Waals surface area contributed by atoms with Gasteiger partial charge >= 0.3 is 0 Å². The van der Waals surface area contributed by atoms with E-state index in [-0.39, 0.29) is 28.7 Å². The van der Waals surface area contributed by atoms with Crippen molar-refractivity contribution >= 4 is 29.3 Å². The zero-order valence-corrected chi connectivity index (χ0v) is 16.1. The lowest BCUT2D eigenvalue weighted by atomic mass is 10.00. The summed E-state index contributed by atoms with van der Waals surface area (Å²) in [4.78, 5) is 24.3. The first kappa shape index (κ1) is 20.5. The van der Waals surface area contributed by atoms with Gasteiger partial charge in [-0.05, 0) is 58.4 Å². The summed E-state index contributed by atoms with van der Waals surface area (Å²) in [5.41, 5.74) is 0.488. The number of benzene rings is 1. The number of hydrogen-bond acceptors (Lipinski definition) is 4. The molecule has 1 aromatic carbocycles. The van der Waals surface area contributed by atoms with Gasteiger partial charge in [0.25, 0.3) is 0 Å². The second-order valence-corrected chi connectivity index (χ2v) is 7.96. The maximum absolute atomic E-state index is 12.3. The SMILES string of the molecule is COC(C)(C)C[C@@H](C)NC(=O)[C@H](C)Sc1ccc(NC(C)=O)cc1. The van der Waals surface area contributed by atoms with Crippen molar-refractivity contribution in [2.75, 3.05) is 12.4 Å². The molecule has 0 aliphatic rings. The molecule has 1 aromatic rings. The standard InChI is InChI=1S/C18H28N2O3S/c1-12(11-18(4,5)23-6)19-17(22)13(2)24-16-9-7-15(8-10-16)20-14(3)21/h7-10,12-13H,11H2,1-6H3,(H,19,22)(H,20,21)/t12-,13+/m1/s1. The van der Waals surface area contributed by atoms with Crippen LogP contribution in [0, 0.1) is 0 Å². The largest absolute Gasteiger partial charge is 0.379 e. The average molecular weight is 353 g/mol. The molecule has 0 saturated carbocycles. The normalized spacial score (nSPS) is 13.9. The van der Waals surface area contributed by atoms with Crippen molar-refractivity contribution in [2.24, 2.45) is 0 Å². The average Bonchev–Trinajstić information content (AvgIpc) is 2.48. The Balaban J connectivity index is 2.53. The number of hydrogen-bond donors (Lipinski definition) is 2. The van der Waals surface area contributed by atoms with Crippen LogP contribution in [0.25, 0.3) is 0 Å². The van der Waals surface area contributed by atoms with Gasteiger partial charge in [-0.3, -0.25) is 9.59 Å². The molecule has 2 N–H and O–H groups in total. The van der Waals surface area contributed by atoms with Gasteiger partial charge in [0.1, 0.15) is 0 Å². The van der Waals surface area contributed by atoms with E-state index in [2.05, 4.69) is 10.6 Å². The number of carbonyl (C=O) groups is 2. The van der Waals surface area contributed by atoms with Gasteiger partial charge in [0.15, 0.2) is 0 Å². The Labute approximate surface area is 148 Å². The second kappa shape index (κ2) is 9.08. The highest BCUT2D eigenvalue weighted by Crippen LogP contribution is 2.25. The zero-order valence-electron chi connectivity index (χ0n) is 15.3. The third-order valence-electron chi connectivity index (χ3n) is 3.60. The van der Waals surface area contributed by atoms with E-state index < -0.39 is 0 Å². The van der Waals surface area contributed by atoms with E-state index in [0.29, 0.717) is 0 Å². The predicted molar refractivity (Wildman–Crippen MR) is 99.4 cm³/mol. The smallest absolute Gasteiger partial charge is 0.233 e. The van der Waals surface area contributed by atoms with Gasteiger partial charge in [-0.2, -0.15) is 0 Å². The Hall–Kier alpha value is -1.53. The minimum Gasteiger partial charge on any atom is -0.379 e. The number of ether oxygens (including phenoxy) is 1. The first-order valence-electron chi connectivity index (χ1n) is 8.03.